The van der Waals surface area contributed by atoms with E-state index in [1.54, 1.807) is 0 Å². The molecule has 0 saturated heterocycles. The largest absolute Gasteiger partial charge is 0.454 e. The summed E-state index contributed by atoms with van der Waals surface area (Å²) in [5.41, 5.74) is 0.0951. The van der Waals surface area contributed by atoms with Crippen LogP contribution in [-0.2, 0) is 0 Å². The van der Waals surface area contributed by atoms with E-state index in [9.17, 15) is 9.18 Å². The van der Waals surface area contributed by atoms with E-state index >= 15 is 0 Å². The van der Waals surface area contributed by atoms with Crippen molar-refractivity contribution in [3.63, 3.8) is 0 Å². The van der Waals surface area contributed by atoms with Crippen LogP contribution in [0.15, 0.2) is 12.1 Å². The van der Waals surface area contributed by atoms with Gasteiger partial charge in [-0.05, 0) is 12.5 Å². The molecule has 0 saturated carbocycles. The van der Waals surface area contributed by atoms with Crippen LogP contribution in [0.3, 0.4) is 0 Å². The molecule has 0 fully saturated rings. The van der Waals surface area contributed by atoms with Crippen LogP contribution in [0.1, 0.15) is 36.5 Å². The summed E-state index contributed by atoms with van der Waals surface area (Å²) in [5.74, 6) is 0.0915. The van der Waals surface area contributed by atoms with Gasteiger partial charge < -0.3 is 9.47 Å². The minimum Gasteiger partial charge on any atom is -0.454 e. The molecule has 0 bridgehead atoms. The molecule has 0 amide bonds. The van der Waals surface area contributed by atoms with Gasteiger partial charge in [0.05, 0.1) is 5.56 Å². The van der Waals surface area contributed by atoms with Crippen LogP contribution in [-0.4, -0.2) is 12.6 Å². The number of ether oxygens (including phenoxy) is 2. The van der Waals surface area contributed by atoms with Crippen LogP contribution < -0.4 is 9.47 Å². The number of Topliss-reactive ketones (excluding diaryl/α,β-unsaturated/α-hetero) is 1. The SMILES string of the molecule is CCCCC(=O)c1cc2c(cc1F)OCO2. The average Bonchev–Trinajstić information content (AvgIpc) is 2.71. The number of halogens is 1. The molecular weight excluding hydrogens is 211 g/mol. The Morgan fingerprint density at radius 1 is 1.38 bits per heavy atom. The Morgan fingerprint density at radius 3 is 2.75 bits per heavy atom. The van der Waals surface area contributed by atoms with Gasteiger partial charge in [-0.25, -0.2) is 4.39 Å². The topological polar surface area (TPSA) is 35.5 Å². The van der Waals surface area contributed by atoms with Crippen molar-refractivity contribution in [3.8, 4) is 11.5 Å². The molecule has 1 aliphatic heterocycles. The fourth-order valence-corrected chi connectivity index (χ4v) is 1.60. The summed E-state index contributed by atoms with van der Waals surface area (Å²) in [4.78, 5) is 11.7. The van der Waals surface area contributed by atoms with Gasteiger partial charge >= 0.3 is 0 Å². The van der Waals surface area contributed by atoms with Gasteiger partial charge in [0.1, 0.15) is 5.82 Å². The molecule has 0 N–H and O–H groups in total. The molecule has 86 valence electrons. The second-order valence-corrected chi connectivity index (χ2v) is 3.71. The number of carbonyl (C=O) groups excluding carboxylic acids is 1. The molecule has 0 aromatic heterocycles. The van der Waals surface area contributed by atoms with Crippen LogP contribution in [0.4, 0.5) is 4.39 Å². The molecule has 2 rings (SSSR count). The van der Waals surface area contributed by atoms with E-state index in [1.165, 1.54) is 12.1 Å². The Bertz CT molecular complexity index is 415. The van der Waals surface area contributed by atoms with Crippen molar-refractivity contribution in [1.82, 2.24) is 0 Å². The maximum Gasteiger partial charge on any atom is 0.231 e. The molecule has 1 aromatic carbocycles. The smallest absolute Gasteiger partial charge is 0.231 e. The average molecular weight is 224 g/mol. The predicted octanol–water partition coefficient (Wildman–Crippen LogP) is 2.93. The number of ketones is 1. The standard InChI is InChI=1S/C12H13FO3/c1-2-3-4-10(14)8-5-11-12(6-9(8)13)16-7-15-11/h5-6H,2-4,7H2,1H3. The zero-order valence-electron chi connectivity index (χ0n) is 9.09. The molecule has 1 heterocycles. The molecule has 1 aromatic rings. The molecule has 0 spiro atoms. The van der Waals surface area contributed by atoms with Crippen LogP contribution in [0.25, 0.3) is 0 Å². The third kappa shape index (κ3) is 2.01. The Balaban J connectivity index is 2.24. The van der Waals surface area contributed by atoms with Crippen molar-refractivity contribution in [2.75, 3.05) is 6.79 Å². The quantitative estimate of drug-likeness (QED) is 0.737. The number of hydrogen-bond donors (Lipinski definition) is 0. The zero-order chi connectivity index (χ0) is 11.5. The normalized spacial score (nSPS) is 12.9. The molecular formula is C12H13FO3. The first kappa shape index (κ1) is 10.9. The van der Waals surface area contributed by atoms with Gasteiger partial charge in [0.25, 0.3) is 0 Å². The van der Waals surface area contributed by atoms with Crippen molar-refractivity contribution in [1.29, 1.82) is 0 Å². The van der Waals surface area contributed by atoms with Gasteiger partial charge in [-0.3, -0.25) is 4.79 Å². The number of rotatable bonds is 4. The summed E-state index contributed by atoms with van der Waals surface area (Å²) < 4.78 is 23.7. The number of carbonyl (C=O) groups is 1. The second-order valence-electron chi connectivity index (χ2n) is 3.71. The minimum absolute atomic E-state index is 0.0847. The van der Waals surface area contributed by atoms with Crippen molar-refractivity contribution >= 4 is 5.78 Å². The Morgan fingerprint density at radius 2 is 2.06 bits per heavy atom. The van der Waals surface area contributed by atoms with E-state index < -0.39 is 5.82 Å². The minimum atomic E-state index is -0.537. The highest BCUT2D eigenvalue weighted by Gasteiger charge is 2.20. The van der Waals surface area contributed by atoms with E-state index in [1.807, 2.05) is 6.92 Å². The third-order valence-electron chi connectivity index (χ3n) is 2.52. The van der Waals surface area contributed by atoms with Gasteiger partial charge in [0.2, 0.25) is 6.79 Å². The summed E-state index contributed by atoms with van der Waals surface area (Å²) in [6.07, 6.45) is 2.05. The van der Waals surface area contributed by atoms with Crippen molar-refractivity contribution < 1.29 is 18.7 Å². The van der Waals surface area contributed by atoms with Crippen molar-refractivity contribution in [3.05, 3.63) is 23.5 Å². The molecule has 0 unspecified atom stereocenters. The van der Waals surface area contributed by atoms with Crippen LogP contribution in [0, 0.1) is 5.82 Å². The highest BCUT2D eigenvalue weighted by molar-refractivity contribution is 5.97. The van der Waals surface area contributed by atoms with Crippen molar-refractivity contribution in [2.45, 2.75) is 26.2 Å². The zero-order valence-corrected chi connectivity index (χ0v) is 9.09. The van der Waals surface area contributed by atoms with E-state index in [0.717, 1.165) is 12.8 Å². The summed E-state index contributed by atoms with van der Waals surface area (Å²) >= 11 is 0. The summed E-state index contributed by atoms with van der Waals surface area (Å²) in [6.45, 7) is 2.07. The third-order valence-corrected chi connectivity index (χ3v) is 2.52. The van der Waals surface area contributed by atoms with E-state index in [4.69, 9.17) is 9.47 Å². The van der Waals surface area contributed by atoms with Gasteiger partial charge in [0, 0.05) is 12.5 Å². The second kappa shape index (κ2) is 4.51. The first-order valence-electron chi connectivity index (χ1n) is 5.34. The Labute approximate surface area is 93.2 Å². The van der Waals surface area contributed by atoms with Gasteiger partial charge in [-0.1, -0.05) is 13.3 Å². The first-order valence-corrected chi connectivity index (χ1v) is 5.34. The summed E-state index contributed by atoms with van der Waals surface area (Å²) in [5, 5.41) is 0. The Hall–Kier alpha value is -1.58. The lowest BCUT2D eigenvalue weighted by molar-refractivity contribution is 0.0975. The van der Waals surface area contributed by atoms with Gasteiger partial charge in [0.15, 0.2) is 17.3 Å². The maximum atomic E-state index is 13.6. The molecule has 0 atom stereocenters. The summed E-state index contributed by atoms with van der Waals surface area (Å²) in [6, 6.07) is 2.64. The number of hydrogen-bond acceptors (Lipinski definition) is 3. The lowest BCUT2D eigenvalue weighted by Gasteiger charge is -2.03. The van der Waals surface area contributed by atoms with E-state index in [2.05, 4.69) is 0 Å². The van der Waals surface area contributed by atoms with Crippen LogP contribution >= 0.6 is 0 Å². The van der Waals surface area contributed by atoms with Gasteiger partial charge in [-0.2, -0.15) is 0 Å². The Kier molecular flexibility index (Phi) is 3.08. The highest BCUT2D eigenvalue weighted by atomic mass is 19.1. The van der Waals surface area contributed by atoms with Crippen LogP contribution in [0.5, 0.6) is 11.5 Å². The monoisotopic (exact) mass is 224 g/mol. The molecule has 0 radical (unpaired) electrons. The highest BCUT2D eigenvalue weighted by Crippen LogP contribution is 2.34. The molecule has 3 nitrogen and oxygen atoms in total. The van der Waals surface area contributed by atoms with E-state index in [0.29, 0.717) is 17.9 Å². The first-order chi connectivity index (χ1) is 7.72. The number of unbranched alkanes of at least 4 members (excludes halogenated alkanes) is 1. The number of benzene rings is 1. The van der Waals surface area contributed by atoms with Crippen molar-refractivity contribution in [2.24, 2.45) is 0 Å². The lowest BCUT2D eigenvalue weighted by atomic mass is 10.0. The summed E-state index contributed by atoms with van der Waals surface area (Å²) in [7, 11) is 0. The molecule has 0 aliphatic carbocycles. The fraction of sp³-hybridized carbons (Fsp3) is 0.417. The van der Waals surface area contributed by atoms with Crippen LogP contribution in [0.2, 0.25) is 0 Å². The molecule has 4 heteroatoms. The molecule has 1 aliphatic rings. The maximum absolute atomic E-state index is 13.6. The lowest BCUT2D eigenvalue weighted by Crippen LogP contribution is -2.02. The van der Waals surface area contributed by atoms with E-state index in [-0.39, 0.29) is 18.1 Å². The molecule has 16 heavy (non-hydrogen) atoms. The predicted molar refractivity (Wildman–Crippen MR) is 56.4 cm³/mol. The van der Waals surface area contributed by atoms with Gasteiger partial charge in [-0.15, -0.1) is 0 Å². The number of fused-ring (bicyclic) bond motifs is 1. The fourth-order valence-electron chi connectivity index (χ4n) is 1.60.